The van der Waals surface area contributed by atoms with Crippen molar-refractivity contribution in [3.05, 3.63) is 4.88 Å². The molecule has 2 heterocycles. The predicted molar refractivity (Wildman–Crippen MR) is 83.6 cm³/mol. The van der Waals surface area contributed by atoms with E-state index in [9.17, 15) is 9.00 Å². The molecular weight excluding hydrogens is 296 g/mol. The highest BCUT2D eigenvalue weighted by Crippen LogP contribution is 2.25. The summed E-state index contributed by atoms with van der Waals surface area (Å²) in [5.74, 6) is 1.39. The molecule has 4 N–H and O–H groups in total. The number of nitrogens with zero attached hydrogens (tertiary/aromatic N) is 1. The van der Waals surface area contributed by atoms with E-state index in [0.29, 0.717) is 21.5 Å². The van der Waals surface area contributed by atoms with E-state index < -0.39 is 10.8 Å². The summed E-state index contributed by atoms with van der Waals surface area (Å²) in [6.07, 6.45) is 1.52. The number of hydrogen-bond acceptors (Lipinski definition) is 6. The first-order valence-electron chi connectivity index (χ1n) is 6.64. The first-order valence-corrected chi connectivity index (χ1v) is 8.95. The van der Waals surface area contributed by atoms with Gasteiger partial charge in [-0.05, 0) is 26.7 Å². The zero-order valence-electron chi connectivity index (χ0n) is 11.6. The molecule has 6 nitrogen and oxygen atoms in total. The molecule has 1 fully saturated rings. The van der Waals surface area contributed by atoms with Crippen LogP contribution in [-0.4, -0.2) is 38.7 Å². The average molecular weight is 316 g/mol. The van der Waals surface area contributed by atoms with E-state index in [-0.39, 0.29) is 23.8 Å². The highest BCUT2D eigenvalue weighted by Gasteiger charge is 2.23. The Hall–Kier alpha value is -1.15. The molecule has 0 saturated carbocycles. The van der Waals surface area contributed by atoms with Crippen LogP contribution in [-0.2, 0) is 10.8 Å². The number of nitrogens with two attached hydrogens (primary N) is 1. The first-order chi connectivity index (χ1) is 9.45. The van der Waals surface area contributed by atoms with Gasteiger partial charge in [0.25, 0.3) is 5.91 Å². The molecule has 1 saturated heterocycles. The van der Waals surface area contributed by atoms with Crippen LogP contribution in [0.2, 0.25) is 0 Å². The Bertz CT molecular complexity index is 506. The second-order valence-electron chi connectivity index (χ2n) is 5.13. The maximum absolute atomic E-state index is 12.2. The number of nitrogen functional groups attached to an aromatic ring is 1. The lowest BCUT2D eigenvalue weighted by Gasteiger charge is -2.22. The minimum atomic E-state index is -0.723. The minimum Gasteiger partial charge on any atom is -0.382 e. The van der Waals surface area contributed by atoms with Gasteiger partial charge in [-0.2, -0.15) is 0 Å². The van der Waals surface area contributed by atoms with Crippen molar-refractivity contribution in [1.82, 2.24) is 10.3 Å². The van der Waals surface area contributed by atoms with Crippen molar-refractivity contribution in [2.24, 2.45) is 0 Å². The topological polar surface area (TPSA) is 97.1 Å². The summed E-state index contributed by atoms with van der Waals surface area (Å²) in [6.45, 7) is 4.00. The van der Waals surface area contributed by atoms with Crippen molar-refractivity contribution in [2.45, 2.75) is 38.8 Å². The van der Waals surface area contributed by atoms with Gasteiger partial charge in [0, 0.05) is 34.4 Å². The third kappa shape index (κ3) is 3.92. The van der Waals surface area contributed by atoms with Crippen LogP contribution in [0.15, 0.2) is 0 Å². The molecule has 0 atom stereocenters. The molecule has 1 aromatic heterocycles. The Kier molecular flexibility index (Phi) is 4.98. The molecular formula is C12H20N4O2S2. The van der Waals surface area contributed by atoms with Crippen LogP contribution in [0.5, 0.6) is 0 Å². The molecule has 8 heteroatoms. The van der Waals surface area contributed by atoms with Crippen LogP contribution < -0.4 is 16.4 Å². The van der Waals surface area contributed by atoms with Gasteiger partial charge in [-0.25, -0.2) is 4.98 Å². The highest BCUT2D eigenvalue weighted by molar-refractivity contribution is 7.85. The lowest BCUT2D eigenvalue weighted by Crippen LogP contribution is -2.39. The number of rotatable bonds is 4. The second-order valence-corrected chi connectivity index (χ2v) is 7.82. The van der Waals surface area contributed by atoms with Gasteiger partial charge in [-0.15, -0.1) is 0 Å². The number of anilines is 2. The third-order valence-electron chi connectivity index (χ3n) is 2.99. The summed E-state index contributed by atoms with van der Waals surface area (Å²) >= 11 is 1.27. The number of hydrogen-bond donors (Lipinski definition) is 3. The number of thiazole rings is 1. The maximum atomic E-state index is 12.2. The largest absolute Gasteiger partial charge is 0.382 e. The fraction of sp³-hybridized carbons (Fsp3) is 0.667. The Morgan fingerprint density at radius 3 is 2.70 bits per heavy atom. The highest BCUT2D eigenvalue weighted by atomic mass is 32.2. The van der Waals surface area contributed by atoms with Gasteiger partial charge in [0.05, 0.1) is 0 Å². The first kappa shape index (κ1) is 15.2. The molecule has 0 unspecified atom stereocenters. The fourth-order valence-corrected chi connectivity index (χ4v) is 4.23. The molecule has 1 amide bonds. The Balaban J connectivity index is 1.98. The summed E-state index contributed by atoms with van der Waals surface area (Å²) in [6, 6.07) is 0.327. The zero-order chi connectivity index (χ0) is 14.7. The number of aromatic nitrogens is 1. The van der Waals surface area contributed by atoms with Gasteiger partial charge in [0.1, 0.15) is 10.7 Å². The standard InChI is InChI=1S/C12H20N4O2S2/c1-7(2)14-12-16-10(13)9(19-12)11(17)15-8-3-5-20(18)6-4-8/h7-8H,3-6,13H2,1-2H3,(H,14,16)(H,15,17). The van der Waals surface area contributed by atoms with Crippen molar-refractivity contribution < 1.29 is 9.00 Å². The van der Waals surface area contributed by atoms with Crippen LogP contribution >= 0.6 is 11.3 Å². The van der Waals surface area contributed by atoms with E-state index in [1.165, 1.54) is 11.3 Å². The normalized spacial score (nSPS) is 22.8. The molecule has 1 aliphatic rings. The van der Waals surface area contributed by atoms with Crippen molar-refractivity contribution >= 4 is 39.0 Å². The smallest absolute Gasteiger partial charge is 0.265 e. The van der Waals surface area contributed by atoms with Crippen LogP contribution in [0.3, 0.4) is 0 Å². The number of carbonyl (C=O) groups excluding carboxylic acids is 1. The van der Waals surface area contributed by atoms with Crippen molar-refractivity contribution in [1.29, 1.82) is 0 Å². The summed E-state index contributed by atoms with van der Waals surface area (Å²) in [7, 11) is -0.723. The lowest BCUT2D eigenvalue weighted by molar-refractivity contribution is 0.0939. The van der Waals surface area contributed by atoms with E-state index in [1.807, 2.05) is 13.8 Å². The zero-order valence-corrected chi connectivity index (χ0v) is 13.3. The second kappa shape index (κ2) is 6.53. The van der Waals surface area contributed by atoms with E-state index in [1.54, 1.807) is 0 Å². The molecule has 0 aromatic carbocycles. The lowest BCUT2D eigenvalue weighted by atomic mass is 10.1. The van der Waals surface area contributed by atoms with Crippen LogP contribution in [0.25, 0.3) is 0 Å². The van der Waals surface area contributed by atoms with Crippen molar-refractivity contribution in [3.63, 3.8) is 0 Å². The number of carbonyl (C=O) groups is 1. The van der Waals surface area contributed by atoms with Gasteiger partial charge in [0.15, 0.2) is 5.13 Å². The van der Waals surface area contributed by atoms with Crippen LogP contribution in [0.4, 0.5) is 10.9 Å². The van der Waals surface area contributed by atoms with Gasteiger partial charge in [-0.3, -0.25) is 9.00 Å². The summed E-state index contributed by atoms with van der Waals surface area (Å²) in [5, 5.41) is 6.75. The Labute approximate surface area is 125 Å². The van der Waals surface area contributed by atoms with Gasteiger partial charge < -0.3 is 16.4 Å². The van der Waals surface area contributed by atoms with E-state index in [0.717, 1.165) is 12.8 Å². The van der Waals surface area contributed by atoms with Crippen molar-refractivity contribution in [2.75, 3.05) is 22.6 Å². The Morgan fingerprint density at radius 2 is 2.10 bits per heavy atom. The summed E-state index contributed by atoms with van der Waals surface area (Å²) < 4.78 is 11.3. The minimum absolute atomic E-state index is 0.0863. The molecule has 2 rings (SSSR count). The van der Waals surface area contributed by atoms with E-state index in [2.05, 4.69) is 15.6 Å². The quantitative estimate of drug-likeness (QED) is 0.775. The molecule has 1 aliphatic heterocycles. The van der Waals surface area contributed by atoms with Gasteiger partial charge in [0.2, 0.25) is 0 Å². The summed E-state index contributed by atoms with van der Waals surface area (Å²) in [5.41, 5.74) is 5.80. The van der Waals surface area contributed by atoms with Crippen LogP contribution in [0, 0.1) is 0 Å². The van der Waals surface area contributed by atoms with Gasteiger partial charge >= 0.3 is 0 Å². The molecule has 0 spiro atoms. The average Bonchev–Trinajstić information content (AvgIpc) is 2.72. The number of nitrogens with one attached hydrogen (secondary N) is 2. The Morgan fingerprint density at radius 1 is 1.45 bits per heavy atom. The molecule has 1 aromatic rings. The maximum Gasteiger partial charge on any atom is 0.265 e. The van der Waals surface area contributed by atoms with Crippen molar-refractivity contribution in [3.8, 4) is 0 Å². The fourth-order valence-electron chi connectivity index (χ4n) is 1.99. The third-order valence-corrected chi connectivity index (χ3v) is 5.38. The van der Waals surface area contributed by atoms with Gasteiger partial charge in [-0.1, -0.05) is 11.3 Å². The summed E-state index contributed by atoms with van der Waals surface area (Å²) in [4.78, 5) is 16.8. The van der Waals surface area contributed by atoms with E-state index in [4.69, 9.17) is 5.73 Å². The monoisotopic (exact) mass is 316 g/mol. The SMILES string of the molecule is CC(C)Nc1nc(N)c(C(=O)NC2CCS(=O)CC2)s1. The molecule has 0 radical (unpaired) electrons. The molecule has 20 heavy (non-hydrogen) atoms. The number of amides is 1. The molecule has 0 bridgehead atoms. The predicted octanol–water partition coefficient (Wildman–Crippen LogP) is 1.19. The van der Waals surface area contributed by atoms with Crippen LogP contribution in [0.1, 0.15) is 36.4 Å². The molecule has 112 valence electrons. The van der Waals surface area contributed by atoms with E-state index >= 15 is 0 Å². The molecule has 0 aliphatic carbocycles.